The summed E-state index contributed by atoms with van der Waals surface area (Å²) < 4.78 is 29.6. The van der Waals surface area contributed by atoms with Gasteiger partial charge in [-0.3, -0.25) is 9.35 Å². The van der Waals surface area contributed by atoms with Crippen molar-refractivity contribution in [2.75, 3.05) is 14.1 Å². The first-order valence-corrected chi connectivity index (χ1v) is 5.87. The zero-order valence-electron chi connectivity index (χ0n) is 9.41. The fraction of sp³-hybridized carbons (Fsp3) is 0.300. The summed E-state index contributed by atoms with van der Waals surface area (Å²) in [5.74, 6) is 0. The SMILES string of the molecule is CN(C)C=O.Cc1ccc(S(=O)(=O)O)cc1. The molecule has 1 rings (SSSR count). The third-order valence-electron chi connectivity index (χ3n) is 1.53. The van der Waals surface area contributed by atoms with Gasteiger partial charge in [-0.15, -0.1) is 0 Å². The van der Waals surface area contributed by atoms with E-state index in [9.17, 15) is 13.2 Å². The molecular weight excluding hydrogens is 230 g/mol. The first kappa shape index (κ1) is 14.6. The maximum Gasteiger partial charge on any atom is 0.294 e. The molecule has 0 heterocycles. The van der Waals surface area contributed by atoms with Gasteiger partial charge in [-0.1, -0.05) is 17.7 Å². The maximum atomic E-state index is 10.5. The number of carbonyl (C=O) groups excluding carboxylic acids is 1. The normalized spacial score (nSPS) is 10.0. The molecule has 0 atom stereocenters. The number of rotatable bonds is 2. The molecule has 0 aliphatic carbocycles. The average Bonchev–Trinajstić information content (AvgIpc) is 2.18. The second-order valence-electron chi connectivity index (χ2n) is 3.36. The topological polar surface area (TPSA) is 74.7 Å². The van der Waals surface area contributed by atoms with Crippen molar-refractivity contribution in [3.8, 4) is 0 Å². The van der Waals surface area contributed by atoms with E-state index in [-0.39, 0.29) is 4.90 Å². The summed E-state index contributed by atoms with van der Waals surface area (Å²) in [6.45, 7) is 1.84. The van der Waals surface area contributed by atoms with Gasteiger partial charge in [-0.05, 0) is 19.1 Å². The molecule has 1 aromatic rings. The molecule has 0 aliphatic rings. The molecule has 0 bridgehead atoms. The molecule has 0 spiro atoms. The number of hydrogen-bond donors (Lipinski definition) is 1. The van der Waals surface area contributed by atoms with Crippen LogP contribution in [0.2, 0.25) is 0 Å². The Bertz CT molecular complexity index is 423. The highest BCUT2D eigenvalue weighted by Gasteiger charge is 2.06. The van der Waals surface area contributed by atoms with E-state index < -0.39 is 10.1 Å². The second kappa shape index (κ2) is 6.24. The van der Waals surface area contributed by atoms with Crippen molar-refractivity contribution in [2.24, 2.45) is 0 Å². The second-order valence-corrected chi connectivity index (χ2v) is 4.78. The average molecular weight is 245 g/mol. The molecule has 90 valence electrons. The molecule has 6 heteroatoms. The van der Waals surface area contributed by atoms with Crippen molar-refractivity contribution in [1.82, 2.24) is 4.90 Å². The van der Waals surface area contributed by atoms with Gasteiger partial charge in [0.25, 0.3) is 10.1 Å². The first-order valence-electron chi connectivity index (χ1n) is 4.43. The molecule has 0 saturated heterocycles. The highest BCUT2D eigenvalue weighted by molar-refractivity contribution is 7.85. The fourth-order valence-electron chi connectivity index (χ4n) is 0.710. The van der Waals surface area contributed by atoms with Gasteiger partial charge >= 0.3 is 0 Å². The summed E-state index contributed by atoms with van der Waals surface area (Å²) in [5.41, 5.74) is 0.956. The molecule has 0 saturated carbocycles. The summed E-state index contributed by atoms with van der Waals surface area (Å²) in [7, 11) is -0.645. The molecule has 0 unspecified atom stereocenters. The Morgan fingerprint density at radius 3 is 1.81 bits per heavy atom. The lowest BCUT2D eigenvalue weighted by Gasteiger charge is -1.95. The van der Waals surface area contributed by atoms with Crippen molar-refractivity contribution in [3.63, 3.8) is 0 Å². The van der Waals surface area contributed by atoms with Gasteiger partial charge in [-0.25, -0.2) is 0 Å². The van der Waals surface area contributed by atoms with E-state index >= 15 is 0 Å². The van der Waals surface area contributed by atoms with Crippen LogP contribution in [0.15, 0.2) is 29.2 Å². The fourth-order valence-corrected chi connectivity index (χ4v) is 1.19. The number of aryl methyl sites for hydroxylation is 1. The van der Waals surface area contributed by atoms with E-state index in [4.69, 9.17) is 4.55 Å². The summed E-state index contributed by atoms with van der Waals surface area (Å²) in [5, 5.41) is 0. The molecule has 0 fully saturated rings. The van der Waals surface area contributed by atoms with E-state index in [0.717, 1.165) is 12.0 Å². The number of nitrogens with zero attached hydrogens (tertiary/aromatic N) is 1. The van der Waals surface area contributed by atoms with Gasteiger partial charge in [0.15, 0.2) is 0 Å². The first-order chi connectivity index (χ1) is 7.27. The minimum absolute atomic E-state index is 0.0666. The van der Waals surface area contributed by atoms with Crippen LogP contribution in [-0.2, 0) is 14.9 Å². The predicted octanol–water partition coefficient (Wildman–Crippen LogP) is 0.946. The van der Waals surface area contributed by atoms with Gasteiger partial charge in [-0.2, -0.15) is 8.42 Å². The minimum Gasteiger partial charge on any atom is -0.351 e. The molecule has 1 N–H and O–H groups in total. The largest absolute Gasteiger partial charge is 0.351 e. The molecule has 16 heavy (non-hydrogen) atoms. The van der Waals surface area contributed by atoms with E-state index in [1.807, 2.05) is 6.92 Å². The van der Waals surface area contributed by atoms with Crippen LogP contribution >= 0.6 is 0 Å². The van der Waals surface area contributed by atoms with Crippen molar-refractivity contribution in [2.45, 2.75) is 11.8 Å². The summed E-state index contributed by atoms with van der Waals surface area (Å²) in [6.07, 6.45) is 0.750. The maximum absolute atomic E-state index is 10.5. The number of benzene rings is 1. The molecule has 1 aromatic carbocycles. The van der Waals surface area contributed by atoms with Crippen LogP contribution in [0.25, 0.3) is 0 Å². The van der Waals surface area contributed by atoms with Crippen LogP contribution in [-0.4, -0.2) is 38.4 Å². The third kappa shape index (κ3) is 6.15. The summed E-state index contributed by atoms with van der Waals surface area (Å²) >= 11 is 0. The Morgan fingerprint density at radius 1 is 1.19 bits per heavy atom. The van der Waals surface area contributed by atoms with Crippen LogP contribution in [0.4, 0.5) is 0 Å². The Morgan fingerprint density at radius 2 is 1.56 bits per heavy atom. The standard InChI is InChI=1S/C7H8O3S.C3H7NO/c1-6-2-4-7(5-3-6)11(8,9)10;1-4(2)3-5/h2-5H,1H3,(H,8,9,10);3H,1-2H3. The van der Waals surface area contributed by atoms with E-state index in [1.165, 1.54) is 17.0 Å². The zero-order valence-corrected chi connectivity index (χ0v) is 10.2. The smallest absolute Gasteiger partial charge is 0.294 e. The third-order valence-corrected chi connectivity index (χ3v) is 2.40. The molecule has 0 aromatic heterocycles. The zero-order chi connectivity index (χ0) is 12.8. The lowest BCUT2D eigenvalue weighted by atomic mass is 10.2. The molecule has 5 nitrogen and oxygen atoms in total. The van der Waals surface area contributed by atoms with E-state index in [1.54, 1.807) is 26.2 Å². The number of amides is 1. The van der Waals surface area contributed by atoms with Gasteiger partial charge in [0, 0.05) is 14.1 Å². The minimum atomic E-state index is -4.02. The predicted molar refractivity (Wildman–Crippen MR) is 60.7 cm³/mol. The number of hydrogen-bond acceptors (Lipinski definition) is 3. The number of carbonyl (C=O) groups is 1. The van der Waals surface area contributed by atoms with Crippen molar-refractivity contribution >= 4 is 16.5 Å². The lowest BCUT2D eigenvalue weighted by Crippen LogP contribution is -2.06. The molecule has 0 radical (unpaired) electrons. The van der Waals surface area contributed by atoms with E-state index in [2.05, 4.69) is 0 Å². The molecular formula is C10H15NO4S. The summed E-state index contributed by atoms with van der Waals surface area (Å²) in [4.78, 5) is 10.8. The molecule has 1 amide bonds. The Balaban J connectivity index is 0.000000385. The monoisotopic (exact) mass is 245 g/mol. The van der Waals surface area contributed by atoms with Crippen LogP contribution in [0.3, 0.4) is 0 Å². The van der Waals surface area contributed by atoms with Gasteiger partial charge in [0.1, 0.15) is 0 Å². The van der Waals surface area contributed by atoms with Crippen LogP contribution in [0, 0.1) is 6.92 Å². The van der Waals surface area contributed by atoms with E-state index in [0.29, 0.717) is 0 Å². The lowest BCUT2D eigenvalue weighted by molar-refractivity contribution is -0.115. The van der Waals surface area contributed by atoms with Gasteiger partial charge in [0.05, 0.1) is 4.90 Å². The van der Waals surface area contributed by atoms with Crippen LogP contribution in [0.1, 0.15) is 5.56 Å². The van der Waals surface area contributed by atoms with Crippen LogP contribution in [0.5, 0.6) is 0 Å². The van der Waals surface area contributed by atoms with Crippen molar-refractivity contribution in [3.05, 3.63) is 29.8 Å². The van der Waals surface area contributed by atoms with Gasteiger partial charge in [0.2, 0.25) is 6.41 Å². The van der Waals surface area contributed by atoms with Crippen molar-refractivity contribution < 1.29 is 17.8 Å². The Hall–Kier alpha value is -1.40. The summed E-state index contributed by atoms with van der Waals surface area (Å²) in [6, 6.07) is 5.99. The van der Waals surface area contributed by atoms with Crippen molar-refractivity contribution in [1.29, 1.82) is 0 Å². The highest BCUT2D eigenvalue weighted by atomic mass is 32.2. The van der Waals surface area contributed by atoms with Gasteiger partial charge < -0.3 is 4.90 Å². The Kier molecular flexibility index (Phi) is 5.69. The highest BCUT2D eigenvalue weighted by Crippen LogP contribution is 2.08. The molecule has 0 aliphatic heterocycles. The quantitative estimate of drug-likeness (QED) is 0.621. The van der Waals surface area contributed by atoms with Crippen LogP contribution < -0.4 is 0 Å². The Labute approximate surface area is 95.4 Å².